The second-order valence-electron chi connectivity index (χ2n) is 7.02. The quantitative estimate of drug-likeness (QED) is 0.725. The van der Waals surface area contributed by atoms with Crippen molar-refractivity contribution in [1.82, 2.24) is 15.0 Å². The van der Waals surface area contributed by atoms with Crippen molar-refractivity contribution in [3.63, 3.8) is 0 Å². The summed E-state index contributed by atoms with van der Waals surface area (Å²) in [6.45, 7) is 0.658. The molecule has 0 unspecified atom stereocenters. The standard InChI is InChI=1S/C21H19N3O2/c25-19-12-16(20-22-21(26-23-20)15-7-2-1-3-8-15)13-24(19)18-11-10-14-6-4-5-9-17(14)18/h1-9,16,18H,10-13H2/t16-,18-/m0/s1. The molecule has 3 aromatic rings. The predicted octanol–water partition coefficient (Wildman–Crippen LogP) is 3.74. The molecule has 0 saturated carbocycles. The van der Waals surface area contributed by atoms with Gasteiger partial charge in [0.15, 0.2) is 5.82 Å². The fourth-order valence-electron chi connectivity index (χ4n) is 4.16. The lowest BCUT2D eigenvalue weighted by molar-refractivity contribution is -0.129. The van der Waals surface area contributed by atoms with E-state index in [0.29, 0.717) is 24.7 Å². The van der Waals surface area contributed by atoms with Crippen molar-refractivity contribution in [1.29, 1.82) is 0 Å². The van der Waals surface area contributed by atoms with E-state index < -0.39 is 0 Å². The summed E-state index contributed by atoms with van der Waals surface area (Å²) in [6, 6.07) is 18.3. The molecule has 1 amide bonds. The van der Waals surface area contributed by atoms with Crippen LogP contribution in [0.1, 0.15) is 41.8 Å². The SMILES string of the molecule is O=C1C[C@H](c2noc(-c3ccccc3)n2)CN1[C@H]1CCc2ccccc21. The second-order valence-corrected chi connectivity index (χ2v) is 7.02. The van der Waals surface area contributed by atoms with Crippen molar-refractivity contribution in [2.24, 2.45) is 0 Å². The topological polar surface area (TPSA) is 59.2 Å². The number of carbonyl (C=O) groups is 1. The molecule has 1 aromatic heterocycles. The molecule has 2 aliphatic rings. The Balaban J connectivity index is 1.37. The van der Waals surface area contributed by atoms with Gasteiger partial charge < -0.3 is 9.42 Å². The van der Waals surface area contributed by atoms with E-state index in [1.54, 1.807) is 0 Å². The molecule has 2 atom stereocenters. The van der Waals surface area contributed by atoms with E-state index in [4.69, 9.17) is 4.52 Å². The average molecular weight is 345 g/mol. The van der Waals surface area contributed by atoms with E-state index in [9.17, 15) is 4.79 Å². The Labute approximate surface area is 151 Å². The second kappa shape index (κ2) is 6.09. The molecular formula is C21H19N3O2. The zero-order valence-corrected chi connectivity index (χ0v) is 14.3. The Kier molecular flexibility index (Phi) is 3.59. The summed E-state index contributed by atoms with van der Waals surface area (Å²) >= 11 is 0. The highest BCUT2D eigenvalue weighted by Gasteiger charge is 2.39. The Bertz CT molecular complexity index is 951. The third kappa shape index (κ3) is 2.51. The van der Waals surface area contributed by atoms with Crippen LogP contribution in [0.25, 0.3) is 11.5 Å². The van der Waals surface area contributed by atoms with Gasteiger partial charge in [-0.15, -0.1) is 0 Å². The number of hydrogen-bond donors (Lipinski definition) is 0. The zero-order chi connectivity index (χ0) is 17.5. The van der Waals surface area contributed by atoms with E-state index in [0.717, 1.165) is 18.4 Å². The third-order valence-corrected chi connectivity index (χ3v) is 5.46. The van der Waals surface area contributed by atoms with Gasteiger partial charge in [0, 0.05) is 24.4 Å². The minimum Gasteiger partial charge on any atom is -0.335 e. The van der Waals surface area contributed by atoms with Gasteiger partial charge in [0.1, 0.15) is 0 Å². The van der Waals surface area contributed by atoms with Crippen LogP contribution < -0.4 is 0 Å². The Morgan fingerprint density at radius 2 is 1.85 bits per heavy atom. The number of likely N-dealkylation sites (tertiary alicyclic amines) is 1. The van der Waals surface area contributed by atoms with Gasteiger partial charge in [0.25, 0.3) is 5.89 Å². The van der Waals surface area contributed by atoms with Crippen molar-refractivity contribution >= 4 is 5.91 Å². The van der Waals surface area contributed by atoms with Crippen molar-refractivity contribution in [2.45, 2.75) is 31.2 Å². The fourth-order valence-corrected chi connectivity index (χ4v) is 4.16. The molecule has 0 spiro atoms. The molecular weight excluding hydrogens is 326 g/mol. The molecule has 5 nitrogen and oxygen atoms in total. The lowest BCUT2D eigenvalue weighted by Gasteiger charge is -2.25. The third-order valence-electron chi connectivity index (χ3n) is 5.46. The number of aryl methyl sites for hydroxylation is 1. The number of rotatable bonds is 3. The van der Waals surface area contributed by atoms with E-state index in [2.05, 4.69) is 34.4 Å². The molecule has 1 aliphatic heterocycles. The number of benzene rings is 2. The highest BCUT2D eigenvalue weighted by atomic mass is 16.5. The number of aromatic nitrogens is 2. The van der Waals surface area contributed by atoms with Gasteiger partial charge in [-0.2, -0.15) is 4.98 Å². The Morgan fingerprint density at radius 1 is 1.04 bits per heavy atom. The van der Waals surface area contributed by atoms with Gasteiger partial charge >= 0.3 is 0 Å². The molecule has 5 heteroatoms. The smallest absolute Gasteiger partial charge is 0.257 e. The maximum atomic E-state index is 12.7. The first-order valence-electron chi connectivity index (χ1n) is 9.06. The predicted molar refractivity (Wildman–Crippen MR) is 96.3 cm³/mol. The minimum atomic E-state index is -0.00326. The number of hydrogen-bond acceptors (Lipinski definition) is 4. The normalized spacial score (nSPS) is 22.0. The summed E-state index contributed by atoms with van der Waals surface area (Å²) in [5, 5.41) is 4.15. The van der Waals surface area contributed by atoms with Crippen LogP contribution >= 0.6 is 0 Å². The molecule has 2 heterocycles. The highest BCUT2D eigenvalue weighted by Crippen LogP contribution is 2.40. The van der Waals surface area contributed by atoms with Crippen LogP contribution in [0.3, 0.4) is 0 Å². The molecule has 0 radical (unpaired) electrons. The summed E-state index contributed by atoms with van der Waals surface area (Å²) < 4.78 is 5.42. The van der Waals surface area contributed by atoms with Crippen molar-refractivity contribution in [2.75, 3.05) is 6.54 Å². The lowest BCUT2D eigenvalue weighted by Crippen LogP contribution is -2.28. The summed E-state index contributed by atoms with van der Waals surface area (Å²) in [4.78, 5) is 19.2. The number of nitrogens with zero attached hydrogens (tertiary/aromatic N) is 3. The van der Waals surface area contributed by atoms with Crippen LogP contribution in [0.2, 0.25) is 0 Å². The largest absolute Gasteiger partial charge is 0.335 e. The van der Waals surface area contributed by atoms with Gasteiger partial charge in [-0.05, 0) is 36.1 Å². The summed E-state index contributed by atoms with van der Waals surface area (Å²) in [5.41, 5.74) is 3.55. The van der Waals surface area contributed by atoms with E-state index >= 15 is 0 Å². The first-order valence-corrected chi connectivity index (χ1v) is 9.06. The fraction of sp³-hybridized carbons (Fsp3) is 0.286. The van der Waals surface area contributed by atoms with Gasteiger partial charge in [0.05, 0.1) is 6.04 Å². The molecule has 26 heavy (non-hydrogen) atoms. The maximum Gasteiger partial charge on any atom is 0.257 e. The van der Waals surface area contributed by atoms with Gasteiger partial charge in [-0.1, -0.05) is 47.6 Å². The molecule has 5 rings (SSSR count). The average Bonchev–Trinajstić information content (AvgIpc) is 3.40. The number of amides is 1. The molecule has 130 valence electrons. The Morgan fingerprint density at radius 3 is 2.73 bits per heavy atom. The van der Waals surface area contributed by atoms with Crippen molar-refractivity contribution < 1.29 is 9.32 Å². The van der Waals surface area contributed by atoms with Crippen LogP contribution in [-0.4, -0.2) is 27.5 Å². The van der Waals surface area contributed by atoms with E-state index in [1.165, 1.54) is 11.1 Å². The molecule has 0 N–H and O–H groups in total. The summed E-state index contributed by atoms with van der Waals surface area (Å²) in [7, 11) is 0. The molecule has 2 aromatic carbocycles. The lowest BCUT2D eigenvalue weighted by atomic mass is 10.1. The van der Waals surface area contributed by atoms with Crippen molar-refractivity contribution in [3.05, 3.63) is 71.5 Å². The Hall–Kier alpha value is -2.95. The summed E-state index contributed by atoms with van der Waals surface area (Å²) in [6.07, 6.45) is 2.49. The van der Waals surface area contributed by atoms with Crippen LogP contribution in [0, 0.1) is 0 Å². The maximum absolute atomic E-state index is 12.7. The first kappa shape index (κ1) is 15.3. The van der Waals surface area contributed by atoms with Crippen LogP contribution in [-0.2, 0) is 11.2 Å². The molecule has 0 bridgehead atoms. The minimum absolute atomic E-state index is 0.00326. The van der Waals surface area contributed by atoms with Crippen molar-refractivity contribution in [3.8, 4) is 11.5 Å². The van der Waals surface area contributed by atoms with Gasteiger partial charge in [-0.3, -0.25) is 4.79 Å². The van der Waals surface area contributed by atoms with Crippen LogP contribution in [0.4, 0.5) is 0 Å². The van der Waals surface area contributed by atoms with Crippen LogP contribution in [0.5, 0.6) is 0 Å². The monoisotopic (exact) mass is 345 g/mol. The molecule has 1 aliphatic carbocycles. The highest BCUT2D eigenvalue weighted by molar-refractivity contribution is 5.80. The first-order chi connectivity index (χ1) is 12.8. The summed E-state index contributed by atoms with van der Waals surface area (Å²) in [5.74, 6) is 1.32. The zero-order valence-electron chi connectivity index (χ0n) is 14.3. The van der Waals surface area contributed by atoms with Gasteiger partial charge in [-0.25, -0.2) is 0 Å². The molecule has 1 fully saturated rings. The van der Waals surface area contributed by atoms with E-state index in [1.807, 2.05) is 35.2 Å². The molecule has 1 saturated heterocycles. The van der Waals surface area contributed by atoms with Gasteiger partial charge in [0.2, 0.25) is 5.91 Å². The van der Waals surface area contributed by atoms with E-state index in [-0.39, 0.29) is 17.9 Å². The number of fused-ring (bicyclic) bond motifs is 1. The number of carbonyl (C=O) groups excluding carboxylic acids is 1. The van der Waals surface area contributed by atoms with Crippen LogP contribution in [0.15, 0.2) is 59.1 Å².